The lowest BCUT2D eigenvalue weighted by atomic mass is 10.2. The van der Waals surface area contributed by atoms with Gasteiger partial charge >= 0.3 is 0 Å². The topological polar surface area (TPSA) is 50.7 Å². The number of aromatic nitrogens is 3. The second kappa shape index (κ2) is 5.38. The Morgan fingerprint density at radius 3 is 2.62 bits per heavy atom. The molecule has 0 atom stereocenters. The summed E-state index contributed by atoms with van der Waals surface area (Å²) < 4.78 is 27.2. The number of anilines is 2. The lowest BCUT2D eigenvalue weighted by molar-refractivity contribution is 0.604. The van der Waals surface area contributed by atoms with Gasteiger partial charge in [-0.15, -0.1) is 0 Å². The van der Waals surface area contributed by atoms with Gasteiger partial charge in [0.15, 0.2) is 5.82 Å². The first-order valence-corrected chi connectivity index (χ1v) is 6.49. The van der Waals surface area contributed by atoms with E-state index in [0.717, 1.165) is 12.1 Å². The molecule has 2 heterocycles. The zero-order valence-corrected chi connectivity index (χ0v) is 11.8. The van der Waals surface area contributed by atoms with Crippen molar-refractivity contribution in [1.82, 2.24) is 15.0 Å². The van der Waals surface area contributed by atoms with E-state index in [4.69, 9.17) is 23.2 Å². The van der Waals surface area contributed by atoms with Crippen LogP contribution >= 0.6 is 23.2 Å². The highest BCUT2D eigenvalue weighted by Crippen LogP contribution is 2.27. The van der Waals surface area contributed by atoms with Gasteiger partial charge in [-0.1, -0.05) is 23.2 Å². The zero-order valence-electron chi connectivity index (χ0n) is 10.2. The molecule has 2 aromatic heterocycles. The van der Waals surface area contributed by atoms with E-state index in [1.807, 2.05) is 0 Å². The number of benzene rings is 1. The molecular formula is C13H6Cl2F2N4. The maximum Gasteiger partial charge on any atom is 0.160 e. The number of pyridine rings is 1. The summed E-state index contributed by atoms with van der Waals surface area (Å²) in [6.07, 6.45) is 1.28. The average Bonchev–Trinajstić information content (AvgIpc) is 2.45. The van der Waals surface area contributed by atoms with Crippen molar-refractivity contribution in [2.24, 2.45) is 0 Å². The highest BCUT2D eigenvalue weighted by molar-refractivity contribution is 6.30. The van der Waals surface area contributed by atoms with Gasteiger partial charge in [-0.25, -0.2) is 23.7 Å². The molecule has 0 spiro atoms. The fraction of sp³-hybridized carbons (Fsp3) is 0. The Bertz CT molecular complexity index is 842. The first-order chi connectivity index (χ1) is 10.0. The van der Waals surface area contributed by atoms with E-state index in [0.29, 0.717) is 11.0 Å². The van der Waals surface area contributed by atoms with Crippen molar-refractivity contribution in [2.45, 2.75) is 0 Å². The number of hydrogen-bond acceptors (Lipinski definition) is 4. The van der Waals surface area contributed by atoms with Gasteiger partial charge < -0.3 is 5.32 Å². The standard InChI is InChI=1S/C13H6Cl2F2N4/c14-6-3-8(17)10(4-7(6)16)20-13-12-9(18-5-19-13)1-2-11(15)21-12/h1-5H,(H,18,19,20). The van der Waals surface area contributed by atoms with Crippen LogP contribution in [-0.4, -0.2) is 15.0 Å². The summed E-state index contributed by atoms with van der Waals surface area (Å²) in [5.41, 5.74) is 0.755. The molecule has 0 radical (unpaired) electrons. The molecule has 3 aromatic rings. The molecule has 1 N–H and O–H groups in total. The van der Waals surface area contributed by atoms with Crippen molar-refractivity contribution >= 4 is 45.7 Å². The van der Waals surface area contributed by atoms with Gasteiger partial charge in [-0.05, 0) is 18.2 Å². The van der Waals surface area contributed by atoms with Crippen LogP contribution in [0.4, 0.5) is 20.3 Å². The molecule has 0 aliphatic carbocycles. The fourth-order valence-corrected chi connectivity index (χ4v) is 2.05. The number of nitrogens with one attached hydrogen (secondary N) is 1. The summed E-state index contributed by atoms with van der Waals surface area (Å²) in [6.45, 7) is 0. The van der Waals surface area contributed by atoms with E-state index in [1.165, 1.54) is 6.33 Å². The van der Waals surface area contributed by atoms with Gasteiger partial charge in [0, 0.05) is 6.07 Å². The Balaban J connectivity index is 2.10. The van der Waals surface area contributed by atoms with E-state index < -0.39 is 11.6 Å². The molecule has 0 amide bonds. The second-order valence-electron chi connectivity index (χ2n) is 4.10. The van der Waals surface area contributed by atoms with E-state index in [2.05, 4.69) is 20.3 Å². The molecule has 0 aliphatic rings. The van der Waals surface area contributed by atoms with E-state index in [-0.39, 0.29) is 21.7 Å². The summed E-state index contributed by atoms with van der Waals surface area (Å²) in [6, 6.07) is 5.04. The third-order valence-corrected chi connectivity index (χ3v) is 3.21. The molecule has 1 aromatic carbocycles. The van der Waals surface area contributed by atoms with Crippen molar-refractivity contribution in [3.05, 3.63) is 52.4 Å². The number of hydrogen-bond donors (Lipinski definition) is 1. The van der Waals surface area contributed by atoms with Crippen molar-refractivity contribution in [3.8, 4) is 0 Å². The molecule has 8 heteroatoms. The van der Waals surface area contributed by atoms with Crippen LogP contribution in [-0.2, 0) is 0 Å². The maximum atomic E-state index is 13.8. The molecule has 0 bridgehead atoms. The van der Waals surface area contributed by atoms with Crippen LogP contribution in [0.25, 0.3) is 11.0 Å². The SMILES string of the molecule is Fc1cc(Nc2ncnc3ccc(Cl)nc23)c(F)cc1Cl. The van der Waals surface area contributed by atoms with E-state index in [1.54, 1.807) is 12.1 Å². The van der Waals surface area contributed by atoms with Gasteiger partial charge in [-0.3, -0.25) is 0 Å². The van der Waals surface area contributed by atoms with Gasteiger partial charge in [-0.2, -0.15) is 0 Å². The van der Waals surface area contributed by atoms with Crippen LogP contribution < -0.4 is 5.32 Å². The minimum atomic E-state index is -0.745. The van der Waals surface area contributed by atoms with Gasteiger partial charge in [0.25, 0.3) is 0 Å². The van der Waals surface area contributed by atoms with Crippen molar-refractivity contribution in [3.63, 3.8) is 0 Å². The molecule has 0 aliphatic heterocycles. The van der Waals surface area contributed by atoms with Crippen LogP contribution in [0.3, 0.4) is 0 Å². The third kappa shape index (κ3) is 2.72. The van der Waals surface area contributed by atoms with Crippen molar-refractivity contribution in [1.29, 1.82) is 0 Å². The van der Waals surface area contributed by atoms with Crippen LogP contribution in [0.2, 0.25) is 10.2 Å². The predicted molar refractivity (Wildman–Crippen MR) is 77.0 cm³/mol. The summed E-state index contributed by atoms with van der Waals surface area (Å²) in [5, 5.41) is 2.60. The quantitative estimate of drug-likeness (QED) is 0.561. The Morgan fingerprint density at radius 1 is 1.00 bits per heavy atom. The molecule has 0 saturated carbocycles. The smallest absolute Gasteiger partial charge is 0.160 e. The normalized spacial score (nSPS) is 10.9. The number of halogens is 4. The van der Waals surface area contributed by atoms with Gasteiger partial charge in [0.05, 0.1) is 16.2 Å². The fourth-order valence-electron chi connectivity index (χ4n) is 1.75. The molecule has 0 fully saturated rings. The Kier molecular flexibility index (Phi) is 3.57. The van der Waals surface area contributed by atoms with Crippen LogP contribution in [0.1, 0.15) is 0 Å². The third-order valence-electron chi connectivity index (χ3n) is 2.71. The predicted octanol–water partition coefficient (Wildman–Crippen LogP) is 4.35. The van der Waals surface area contributed by atoms with E-state index in [9.17, 15) is 8.78 Å². The minimum absolute atomic E-state index is 0.112. The second-order valence-corrected chi connectivity index (χ2v) is 4.89. The Hall–Kier alpha value is -2.05. The van der Waals surface area contributed by atoms with Crippen LogP contribution in [0.15, 0.2) is 30.6 Å². The molecular weight excluding hydrogens is 321 g/mol. The lowest BCUT2D eigenvalue weighted by Gasteiger charge is -2.09. The largest absolute Gasteiger partial charge is 0.336 e. The van der Waals surface area contributed by atoms with Crippen molar-refractivity contribution in [2.75, 3.05) is 5.32 Å². The zero-order chi connectivity index (χ0) is 15.0. The summed E-state index contributed by atoms with van der Waals surface area (Å²) in [5.74, 6) is -1.25. The monoisotopic (exact) mass is 326 g/mol. The van der Waals surface area contributed by atoms with E-state index >= 15 is 0 Å². The maximum absolute atomic E-state index is 13.8. The van der Waals surface area contributed by atoms with Crippen molar-refractivity contribution < 1.29 is 8.78 Å². The van der Waals surface area contributed by atoms with Gasteiger partial charge in [0.2, 0.25) is 0 Å². The molecule has 0 saturated heterocycles. The minimum Gasteiger partial charge on any atom is -0.336 e. The Labute approximate surface area is 127 Å². The Morgan fingerprint density at radius 2 is 1.81 bits per heavy atom. The first-order valence-electron chi connectivity index (χ1n) is 5.73. The molecule has 0 unspecified atom stereocenters. The highest BCUT2D eigenvalue weighted by Gasteiger charge is 2.12. The van der Waals surface area contributed by atoms with Crippen LogP contribution in [0.5, 0.6) is 0 Å². The number of fused-ring (bicyclic) bond motifs is 1. The summed E-state index contributed by atoms with van der Waals surface area (Å²) >= 11 is 11.3. The van der Waals surface area contributed by atoms with Gasteiger partial charge in [0.1, 0.15) is 28.6 Å². The van der Waals surface area contributed by atoms with Crippen LogP contribution in [0, 0.1) is 11.6 Å². The molecule has 3 rings (SSSR count). The molecule has 106 valence electrons. The molecule has 4 nitrogen and oxygen atoms in total. The summed E-state index contributed by atoms with van der Waals surface area (Å²) in [7, 11) is 0. The summed E-state index contributed by atoms with van der Waals surface area (Å²) in [4.78, 5) is 12.1. The lowest BCUT2D eigenvalue weighted by Crippen LogP contribution is -2.00. The molecule has 21 heavy (non-hydrogen) atoms. The first kappa shape index (κ1) is 13.9. The number of nitrogens with zero attached hydrogens (tertiary/aromatic N) is 3. The highest BCUT2D eigenvalue weighted by atomic mass is 35.5. The average molecular weight is 327 g/mol. The number of rotatable bonds is 2.